The second-order valence-electron chi connectivity index (χ2n) is 7.87. The van der Waals surface area contributed by atoms with E-state index in [4.69, 9.17) is 0 Å². The number of aromatic nitrogens is 2. The van der Waals surface area contributed by atoms with E-state index < -0.39 is 17.4 Å². The first kappa shape index (κ1) is 22.4. The number of H-pyrrole nitrogens is 1. The molecule has 1 aromatic heterocycles. The minimum Gasteiger partial charge on any atom is -0.326 e. The molecule has 0 aliphatic carbocycles. The maximum Gasteiger partial charge on any atom is 0.258 e. The Morgan fingerprint density at radius 3 is 2.37 bits per heavy atom. The molecule has 1 aliphatic rings. The van der Waals surface area contributed by atoms with Crippen LogP contribution in [-0.2, 0) is 9.59 Å². The van der Waals surface area contributed by atoms with Gasteiger partial charge in [-0.3, -0.25) is 19.4 Å². The fourth-order valence-corrected chi connectivity index (χ4v) is 4.73. The van der Waals surface area contributed by atoms with Gasteiger partial charge in [-0.05, 0) is 36.4 Å². The second kappa shape index (κ2) is 9.86. The summed E-state index contributed by atoms with van der Waals surface area (Å²) in [6.07, 6.45) is -0.150. The smallest absolute Gasteiger partial charge is 0.258 e. The van der Waals surface area contributed by atoms with E-state index >= 15 is 0 Å². The van der Waals surface area contributed by atoms with Gasteiger partial charge in [0.05, 0.1) is 17.2 Å². The van der Waals surface area contributed by atoms with Gasteiger partial charge in [0.2, 0.25) is 17.8 Å². The number of hydrogen-bond donors (Lipinski definition) is 4. The fraction of sp³-hybridized carbons (Fsp3) is 0.0769. The molecule has 35 heavy (non-hydrogen) atoms. The van der Waals surface area contributed by atoms with Gasteiger partial charge in [0.1, 0.15) is 5.82 Å². The molecular weight excluding hydrogens is 462 g/mol. The molecule has 174 valence electrons. The van der Waals surface area contributed by atoms with Crippen LogP contribution < -0.4 is 21.5 Å². The molecular formula is C26H21N5O3S. The third kappa shape index (κ3) is 5.10. The van der Waals surface area contributed by atoms with E-state index in [1.54, 1.807) is 6.07 Å². The van der Waals surface area contributed by atoms with Gasteiger partial charge in [-0.1, -0.05) is 60.3 Å². The predicted octanol–water partition coefficient (Wildman–Crippen LogP) is 4.73. The van der Waals surface area contributed by atoms with Crippen molar-refractivity contribution in [2.24, 2.45) is 0 Å². The first-order valence-electron chi connectivity index (χ1n) is 11.0. The Balaban J connectivity index is 1.41. The van der Waals surface area contributed by atoms with Crippen molar-refractivity contribution >= 4 is 46.7 Å². The molecule has 4 N–H and O–H groups in total. The zero-order chi connectivity index (χ0) is 24.2. The van der Waals surface area contributed by atoms with Gasteiger partial charge in [0.25, 0.3) is 5.56 Å². The minimum atomic E-state index is -0.976. The molecule has 0 spiro atoms. The fourth-order valence-electron chi connectivity index (χ4n) is 3.81. The minimum absolute atomic E-state index is 0.0792. The highest BCUT2D eigenvalue weighted by Gasteiger charge is 2.35. The number of hydrogen-bond acceptors (Lipinski definition) is 6. The highest BCUT2D eigenvalue weighted by atomic mass is 32.2. The lowest BCUT2D eigenvalue weighted by Crippen LogP contribution is -2.36. The van der Waals surface area contributed by atoms with E-state index in [0.717, 1.165) is 15.5 Å². The molecule has 1 aliphatic heterocycles. The van der Waals surface area contributed by atoms with Gasteiger partial charge in [0, 0.05) is 21.9 Å². The van der Waals surface area contributed by atoms with Crippen molar-refractivity contribution in [3.63, 3.8) is 0 Å². The Labute approximate surface area is 205 Å². The normalized spacial score (nSPS) is 14.5. The number of nitrogens with one attached hydrogen (secondary N) is 4. The summed E-state index contributed by atoms with van der Waals surface area (Å²) in [5.74, 6) is -1.55. The SMILES string of the molecule is O=C1C[C@@H](C(=O)Nc2ccccc2Sc2ccccc2)c2c(nc(Nc3ccccc3)[nH]c2=O)N1. The average molecular weight is 484 g/mol. The van der Waals surface area contributed by atoms with Crippen molar-refractivity contribution in [1.82, 2.24) is 9.97 Å². The lowest BCUT2D eigenvalue weighted by Gasteiger charge is -2.24. The zero-order valence-electron chi connectivity index (χ0n) is 18.4. The lowest BCUT2D eigenvalue weighted by molar-refractivity contribution is -0.123. The van der Waals surface area contributed by atoms with E-state index in [-0.39, 0.29) is 29.7 Å². The van der Waals surface area contributed by atoms with E-state index in [1.165, 1.54) is 11.8 Å². The molecule has 0 saturated carbocycles. The van der Waals surface area contributed by atoms with Crippen molar-refractivity contribution in [3.05, 3.63) is 101 Å². The number of nitrogens with zero attached hydrogens (tertiary/aromatic N) is 1. The van der Waals surface area contributed by atoms with Gasteiger partial charge >= 0.3 is 0 Å². The lowest BCUT2D eigenvalue weighted by atomic mass is 9.92. The molecule has 9 heteroatoms. The monoisotopic (exact) mass is 483 g/mol. The first-order chi connectivity index (χ1) is 17.1. The van der Waals surface area contributed by atoms with Gasteiger partial charge in [-0.15, -0.1) is 0 Å². The maximum atomic E-state index is 13.3. The van der Waals surface area contributed by atoms with Crippen LogP contribution in [0, 0.1) is 0 Å². The molecule has 0 radical (unpaired) electrons. The summed E-state index contributed by atoms with van der Waals surface area (Å²) in [7, 11) is 0. The van der Waals surface area contributed by atoms with Crippen LogP contribution >= 0.6 is 11.8 Å². The van der Waals surface area contributed by atoms with Crippen LogP contribution in [-0.4, -0.2) is 21.8 Å². The van der Waals surface area contributed by atoms with Crippen molar-refractivity contribution in [2.75, 3.05) is 16.0 Å². The van der Waals surface area contributed by atoms with E-state index in [0.29, 0.717) is 5.69 Å². The van der Waals surface area contributed by atoms with Crippen LogP contribution in [0.2, 0.25) is 0 Å². The Morgan fingerprint density at radius 1 is 0.914 bits per heavy atom. The van der Waals surface area contributed by atoms with Crippen molar-refractivity contribution < 1.29 is 9.59 Å². The van der Waals surface area contributed by atoms with E-state index in [2.05, 4.69) is 25.9 Å². The number of amides is 2. The van der Waals surface area contributed by atoms with E-state index in [9.17, 15) is 14.4 Å². The van der Waals surface area contributed by atoms with E-state index in [1.807, 2.05) is 78.9 Å². The standard InChI is InChI=1S/C26H21N5O3S/c32-21-15-18(22-23(29-21)30-26(31-25(22)34)27-16-9-3-1-4-10-16)24(33)28-19-13-7-8-14-20(19)35-17-11-5-2-6-12-17/h1-14,18H,15H2,(H,28,33)(H3,27,29,30,31,32,34)/t18-/m1/s1. The van der Waals surface area contributed by atoms with Gasteiger partial charge in [0.15, 0.2) is 0 Å². The molecule has 0 unspecified atom stereocenters. The third-order valence-corrected chi connectivity index (χ3v) is 6.50. The molecule has 3 aromatic carbocycles. The topological polar surface area (TPSA) is 116 Å². The van der Waals surface area contributed by atoms with Gasteiger partial charge < -0.3 is 16.0 Å². The number of aromatic amines is 1. The van der Waals surface area contributed by atoms with Crippen LogP contribution in [0.3, 0.4) is 0 Å². The number of benzene rings is 3. The predicted molar refractivity (Wildman–Crippen MR) is 136 cm³/mol. The summed E-state index contributed by atoms with van der Waals surface area (Å²) < 4.78 is 0. The summed E-state index contributed by atoms with van der Waals surface area (Å²) in [5.41, 5.74) is 0.972. The molecule has 2 heterocycles. The zero-order valence-corrected chi connectivity index (χ0v) is 19.3. The molecule has 0 saturated heterocycles. The van der Waals surface area contributed by atoms with Crippen LogP contribution in [0.25, 0.3) is 0 Å². The number of rotatable bonds is 6. The Kier molecular flexibility index (Phi) is 6.32. The summed E-state index contributed by atoms with van der Waals surface area (Å²) in [6.45, 7) is 0. The summed E-state index contributed by atoms with van der Waals surface area (Å²) >= 11 is 1.51. The molecule has 0 fully saturated rings. The molecule has 1 atom stereocenters. The molecule has 0 bridgehead atoms. The van der Waals surface area contributed by atoms with Crippen molar-refractivity contribution in [2.45, 2.75) is 22.1 Å². The third-order valence-electron chi connectivity index (χ3n) is 5.42. The van der Waals surface area contributed by atoms with Crippen molar-refractivity contribution in [3.8, 4) is 0 Å². The molecule has 8 nitrogen and oxygen atoms in total. The number of para-hydroxylation sites is 2. The number of carbonyl (C=O) groups is 2. The number of anilines is 4. The molecule has 4 aromatic rings. The summed E-state index contributed by atoms with van der Waals surface area (Å²) in [4.78, 5) is 47.6. The summed E-state index contributed by atoms with van der Waals surface area (Å²) in [6, 6.07) is 26.4. The number of fused-ring (bicyclic) bond motifs is 1. The Morgan fingerprint density at radius 2 is 1.60 bits per heavy atom. The van der Waals surface area contributed by atoms with Crippen LogP contribution in [0.15, 0.2) is 99.5 Å². The van der Waals surface area contributed by atoms with Crippen LogP contribution in [0.5, 0.6) is 0 Å². The molecule has 5 rings (SSSR count). The molecule has 2 amide bonds. The van der Waals surface area contributed by atoms with Crippen LogP contribution in [0.1, 0.15) is 17.9 Å². The van der Waals surface area contributed by atoms with Crippen LogP contribution in [0.4, 0.5) is 23.1 Å². The highest BCUT2D eigenvalue weighted by molar-refractivity contribution is 7.99. The largest absolute Gasteiger partial charge is 0.326 e. The first-order valence-corrected chi connectivity index (χ1v) is 11.8. The summed E-state index contributed by atoms with van der Waals surface area (Å²) in [5, 5.41) is 8.54. The number of carbonyl (C=O) groups excluding carboxylic acids is 2. The highest BCUT2D eigenvalue weighted by Crippen LogP contribution is 2.35. The van der Waals surface area contributed by atoms with Gasteiger partial charge in [-0.2, -0.15) is 4.98 Å². The Bertz CT molecular complexity index is 1440. The van der Waals surface area contributed by atoms with Gasteiger partial charge in [-0.25, -0.2) is 0 Å². The Hall–Kier alpha value is -4.37. The quantitative estimate of drug-likeness (QED) is 0.315. The maximum absolute atomic E-state index is 13.3. The van der Waals surface area contributed by atoms with Crippen molar-refractivity contribution in [1.29, 1.82) is 0 Å². The second-order valence-corrected chi connectivity index (χ2v) is 8.99. The average Bonchev–Trinajstić information content (AvgIpc) is 2.86.